The van der Waals surface area contributed by atoms with E-state index in [1.807, 2.05) is 0 Å². The molecule has 1 saturated carbocycles. The quantitative estimate of drug-likeness (QED) is 0.544. The predicted molar refractivity (Wildman–Crippen MR) is 111 cm³/mol. The van der Waals surface area contributed by atoms with E-state index in [-0.39, 0.29) is 30.0 Å². The minimum Gasteiger partial charge on any atom is -0.465 e. The fourth-order valence-electron chi connectivity index (χ4n) is 4.46. The number of carbonyl (C=O) groups excluding carboxylic acids is 4. The lowest BCUT2D eigenvalue weighted by Crippen LogP contribution is -2.51. The van der Waals surface area contributed by atoms with Crippen LogP contribution >= 0.6 is 0 Å². The Morgan fingerprint density at radius 3 is 2.52 bits per heavy atom. The number of amides is 4. The van der Waals surface area contributed by atoms with Gasteiger partial charge in [-0.3, -0.25) is 14.5 Å². The van der Waals surface area contributed by atoms with Gasteiger partial charge in [-0.25, -0.2) is 9.59 Å². The number of nitrogens with zero attached hydrogens (tertiary/aromatic N) is 1. The van der Waals surface area contributed by atoms with Crippen molar-refractivity contribution in [2.24, 2.45) is 11.3 Å². The summed E-state index contributed by atoms with van der Waals surface area (Å²) in [5.41, 5.74) is -0.453. The second-order valence-corrected chi connectivity index (χ2v) is 9.49. The molecule has 2 aliphatic rings. The predicted octanol–water partition coefficient (Wildman–Crippen LogP) is 2.52. The molecule has 1 aliphatic carbocycles. The number of carbonyl (C=O) groups is 4. The van der Waals surface area contributed by atoms with Gasteiger partial charge in [-0.05, 0) is 50.0 Å². The molecule has 1 aliphatic heterocycles. The molecule has 9 nitrogen and oxygen atoms in total. The van der Waals surface area contributed by atoms with E-state index in [1.165, 1.54) is 13.2 Å². The van der Waals surface area contributed by atoms with Gasteiger partial charge in [-0.1, -0.05) is 20.8 Å². The summed E-state index contributed by atoms with van der Waals surface area (Å²) in [6.07, 6.45) is 2.88. The Morgan fingerprint density at radius 2 is 1.94 bits per heavy atom. The molecule has 0 unspecified atom stereocenters. The highest BCUT2D eigenvalue weighted by atomic mass is 16.5. The van der Waals surface area contributed by atoms with Gasteiger partial charge in [0.05, 0.1) is 13.7 Å². The molecule has 170 valence electrons. The number of esters is 1. The molecule has 2 N–H and O–H groups in total. The molecule has 0 atom stereocenters. The van der Waals surface area contributed by atoms with Crippen LogP contribution in [0.25, 0.3) is 0 Å². The number of aryl methyl sites for hydroxylation is 1. The van der Waals surface area contributed by atoms with Gasteiger partial charge in [0, 0.05) is 0 Å². The van der Waals surface area contributed by atoms with E-state index in [9.17, 15) is 19.2 Å². The molecule has 1 aromatic heterocycles. The highest BCUT2D eigenvalue weighted by molar-refractivity contribution is 6.09. The van der Waals surface area contributed by atoms with E-state index in [0.29, 0.717) is 30.3 Å². The summed E-state index contributed by atoms with van der Waals surface area (Å²) in [6.45, 7) is 7.86. The van der Waals surface area contributed by atoms with Crippen LogP contribution in [0.5, 0.6) is 0 Å². The zero-order valence-electron chi connectivity index (χ0n) is 18.8. The summed E-state index contributed by atoms with van der Waals surface area (Å²) in [5, 5.41) is 5.46. The van der Waals surface area contributed by atoms with E-state index in [1.54, 1.807) is 6.92 Å². The summed E-state index contributed by atoms with van der Waals surface area (Å²) in [4.78, 5) is 50.5. The Bertz CT molecular complexity index is 890. The molecule has 2 heterocycles. The second-order valence-electron chi connectivity index (χ2n) is 9.49. The van der Waals surface area contributed by atoms with Crippen molar-refractivity contribution in [1.82, 2.24) is 15.5 Å². The molecule has 0 radical (unpaired) electrons. The SMILES string of the molecule is COC(=O)c1cc(CNC(=O)CN2C(=O)NC3(CCC(C(C)(C)C)CC3)C2=O)oc1C. The lowest BCUT2D eigenvalue weighted by Gasteiger charge is -2.40. The summed E-state index contributed by atoms with van der Waals surface area (Å²) in [5.74, 6) is -0.0886. The fraction of sp³-hybridized carbons (Fsp3) is 0.636. The Balaban J connectivity index is 1.57. The molecule has 3 rings (SSSR count). The van der Waals surface area contributed by atoms with Crippen molar-refractivity contribution in [2.75, 3.05) is 13.7 Å². The van der Waals surface area contributed by atoms with Crippen molar-refractivity contribution in [1.29, 1.82) is 0 Å². The van der Waals surface area contributed by atoms with Crippen LogP contribution in [0.4, 0.5) is 4.79 Å². The molecule has 31 heavy (non-hydrogen) atoms. The Labute approximate surface area is 181 Å². The molecule has 2 fully saturated rings. The summed E-state index contributed by atoms with van der Waals surface area (Å²) >= 11 is 0. The van der Waals surface area contributed by atoms with Gasteiger partial charge < -0.3 is 19.8 Å². The Hall–Kier alpha value is -2.84. The van der Waals surface area contributed by atoms with Crippen LogP contribution < -0.4 is 10.6 Å². The molecule has 0 bridgehead atoms. The minimum atomic E-state index is -0.896. The van der Waals surface area contributed by atoms with Gasteiger partial charge in [-0.15, -0.1) is 0 Å². The molecule has 1 saturated heterocycles. The third kappa shape index (κ3) is 4.60. The van der Waals surface area contributed by atoms with Crippen molar-refractivity contribution in [3.63, 3.8) is 0 Å². The smallest absolute Gasteiger partial charge is 0.341 e. The molecule has 4 amide bonds. The normalized spacial score (nSPS) is 23.8. The van der Waals surface area contributed by atoms with Crippen molar-refractivity contribution in [3.05, 3.63) is 23.2 Å². The highest BCUT2D eigenvalue weighted by Gasteiger charge is 2.53. The van der Waals surface area contributed by atoms with Crippen molar-refractivity contribution in [2.45, 2.75) is 65.5 Å². The van der Waals surface area contributed by atoms with Gasteiger partial charge in [0.25, 0.3) is 5.91 Å². The zero-order valence-corrected chi connectivity index (χ0v) is 18.8. The minimum absolute atomic E-state index is 0.0265. The monoisotopic (exact) mass is 433 g/mol. The number of nitrogens with one attached hydrogen (secondary N) is 2. The fourth-order valence-corrected chi connectivity index (χ4v) is 4.46. The average molecular weight is 434 g/mol. The number of rotatable bonds is 5. The standard InChI is InChI=1S/C22H31N3O6/c1-13-16(18(27)30-5)10-15(31-13)11-23-17(26)12-25-19(28)22(24-20(25)29)8-6-14(7-9-22)21(2,3)4/h10,14H,6-9,11-12H2,1-5H3,(H,23,26)(H,24,29). The lowest BCUT2D eigenvalue weighted by atomic mass is 9.67. The van der Waals surface area contributed by atoms with E-state index >= 15 is 0 Å². The molecule has 0 aromatic carbocycles. The highest BCUT2D eigenvalue weighted by Crippen LogP contribution is 2.43. The van der Waals surface area contributed by atoms with Gasteiger partial charge in [-0.2, -0.15) is 0 Å². The Morgan fingerprint density at radius 1 is 1.29 bits per heavy atom. The summed E-state index contributed by atoms with van der Waals surface area (Å²) < 4.78 is 10.1. The first-order valence-electron chi connectivity index (χ1n) is 10.6. The molecular weight excluding hydrogens is 402 g/mol. The summed E-state index contributed by atoms with van der Waals surface area (Å²) in [7, 11) is 1.27. The van der Waals surface area contributed by atoms with Crippen LogP contribution in [0, 0.1) is 18.3 Å². The third-order valence-corrected chi connectivity index (χ3v) is 6.45. The molecule has 9 heteroatoms. The van der Waals surface area contributed by atoms with E-state index < -0.39 is 23.4 Å². The maximum Gasteiger partial charge on any atom is 0.341 e. The maximum atomic E-state index is 13.0. The second kappa shape index (κ2) is 8.36. The number of ether oxygens (including phenoxy) is 1. The van der Waals surface area contributed by atoms with Crippen LogP contribution in [0.3, 0.4) is 0 Å². The average Bonchev–Trinajstić information content (AvgIpc) is 3.18. The lowest BCUT2D eigenvalue weighted by molar-refractivity contribution is -0.136. The van der Waals surface area contributed by atoms with Crippen LogP contribution in [0.2, 0.25) is 0 Å². The van der Waals surface area contributed by atoms with Crippen LogP contribution in [0.1, 0.15) is 68.3 Å². The summed E-state index contributed by atoms with van der Waals surface area (Å²) in [6, 6.07) is 0.967. The van der Waals surface area contributed by atoms with E-state index in [2.05, 4.69) is 36.1 Å². The first-order chi connectivity index (χ1) is 14.5. The topological polar surface area (TPSA) is 118 Å². The van der Waals surface area contributed by atoms with Crippen molar-refractivity contribution >= 4 is 23.8 Å². The van der Waals surface area contributed by atoms with Crippen molar-refractivity contribution in [3.8, 4) is 0 Å². The number of imide groups is 1. The number of methoxy groups -OCH3 is 1. The van der Waals surface area contributed by atoms with Gasteiger partial charge in [0.2, 0.25) is 5.91 Å². The van der Waals surface area contributed by atoms with E-state index in [0.717, 1.165) is 17.7 Å². The Kier molecular flexibility index (Phi) is 6.16. The first kappa shape index (κ1) is 22.8. The van der Waals surface area contributed by atoms with Crippen molar-refractivity contribution < 1.29 is 28.3 Å². The molecule has 1 aromatic rings. The third-order valence-electron chi connectivity index (χ3n) is 6.45. The maximum absolute atomic E-state index is 13.0. The van der Waals surface area contributed by atoms with Crippen LogP contribution in [0.15, 0.2) is 10.5 Å². The van der Waals surface area contributed by atoms with Crippen LogP contribution in [-0.4, -0.2) is 47.9 Å². The van der Waals surface area contributed by atoms with Gasteiger partial charge in [0.1, 0.15) is 29.2 Å². The number of hydrogen-bond acceptors (Lipinski definition) is 6. The molecule has 1 spiro atoms. The number of hydrogen-bond donors (Lipinski definition) is 2. The first-order valence-corrected chi connectivity index (χ1v) is 10.6. The van der Waals surface area contributed by atoms with Gasteiger partial charge in [0.15, 0.2) is 0 Å². The zero-order chi connectivity index (χ0) is 23.0. The number of urea groups is 1. The van der Waals surface area contributed by atoms with E-state index in [4.69, 9.17) is 4.42 Å². The van der Waals surface area contributed by atoms with Crippen LogP contribution in [-0.2, 0) is 20.9 Å². The largest absolute Gasteiger partial charge is 0.465 e. The van der Waals surface area contributed by atoms with Gasteiger partial charge >= 0.3 is 12.0 Å². The number of furan rings is 1. The molecular formula is C22H31N3O6.